The molecular weight excluding hydrogens is 647 g/mol. The van der Waals surface area contributed by atoms with Crippen LogP contribution in [0.2, 0.25) is 0 Å². The SMILES string of the molecule is BrCCCCc1ccccc1.[Br-].c1ccc(CCCC[P+](c2ccccc2)(c2ccccc2)c2ccccc2)cc1. The van der Waals surface area contributed by atoms with Gasteiger partial charge >= 0.3 is 0 Å². The number of halogens is 2. The Kier molecular flexibility index (Phi) is 15.2. The van der Waals surface area contributed by atoms with Gasteiger partial charge in [-0.05, 0) is 86.1 Å². The molecule has 212 valence electrons. The largest absolute Gasteiger partial charge is 1.00 e. The van der Waals surface area contributed by atoms with E-state index >= 15 is 0 Å². The highest BCUT2D eigenvalue weighted by molar-refractivity contribution is 9.09. The van der Waals surface area contributed by atoms with Crippen LogP contribution in [0.25, 0.3) is 0 Å². The summed E-state index contributed by atoms with van der Waals surface area (Å²) < 4.78 is 0. The molecule has 0 atom stereocenters. The number of hydrogen-bond donors (Lipinski definition) is 0. The summed E-state index contributed by atoms with van der Waals surface area (Å²) in [4.78, 5) is 0. The van der Waals surface area contributed by atoms with Crippen LogP contribution in [0, 0.1) is 0 Å². The molecule has 0 bridgehead atoms. The number of hydrogen-bond acceptors (Lipinski definition) is 0. The molecule has 0 spiro atoms. The number of benzene rings is 5. The van der Waals surface area contributed by atoms with Crippen molar-refractivity contribution >= 4 is 39.1 Å². The molecule has 0 saturated heterocycles. The zero-order valence-corrected chi connectivity index (χ0v) is 27.9. The van der Waals surface area contributed by atoms with Gasteiger partial charge in [0.2, 0.25) is 0 Å². The van der Waals surface area contributed by atoms with E-state index in [9.17, 15) is 0 Å². The smallest absolute Gasteiger partial charge is 0.112 e. The Morgan fingerprint density at radius 2 is 0.707 bits per heavy atom. The van der Waals surface area contributed by atoms with Crippen molar-refractivity contribution in [3.63, 3.8) is 0 Å². The summed E-state index contributed by atoms with van der Waals surface area (Å²) in [5, 5.41) is 5.58. The fraction of sp³-hybridized carbons (Fsp3) is 0.211. The fourth-order valence-corrected chi connectivity index (χ4v) is 10.1. The van der Waals surface area contributed by atoms with Gasteiger partial charge < -0.3 is 17.0 Å². The van der Waals surface area contributed by atoms with Crippen LogP contribution < -0.4 is 32.9 Å². The van der Waals surface area contributed by atoms with Crippen LogP contribution >= 0.6 is 23.2 Å². The highest BCUT2D eigenvalue weighted by Crippen LogP contribution is 2.55. The van der Waals surface area contributed by atoms with Gasteiger partial charge in [-0.15, -0.1) is 0 Å². The van der Waals surface area contributed by atoms with Crippen LogP contribution in [0.4, 0.5) is 0 Å². The van der Waals surface area contributed by atoms with Crippen LogP contribution in [-0.4, -0.2) is 11.5 Å². The lowest BCUT2D eigenvalue weighted by Crippen LogP contribution is -3.00. The van der Waals surface area contributed by atoms with Gasteiger partial charge in [-0.2, -0.15) is 0 Å². The summed E-state index contributed by atoms with van der Waals surface area (Å²) in [5.41, 5.74) is 2.89. The molecule has 0 aliphatic heterocycles. The van der Waals surface area contributed by atoms with Gasteiger partial charge in [0.1, 0.15) is 23.2 Å². The lowest BCUT2D eigenvalue weighted by Gasteiger charge is -2.27. The summed E-state index contributed by atoms with van der Waals surface area (Å²) in [6.07, 6.45) is 8.58. The summed E-state index contributed by atoms with van der Waals surface area (Å²) >= 11 is 3.42. The first kappa shape index (κ1) is 33.0. The molecule has 5 aromatic carbocycles. The van der Waals surface area contributed by atoms with Crippen LogP contribution in [-0.2, 0) is 12.8 Å². The molecule has 3 heteroatoms. The van der Waals surface area contributed by atoms with Crippen molar-refractivity contribution in [2.75, 3.05) is 11.5 Å². The second-order valence-electron chi connectivity index (χ2n) is 10.1. The molecule has 5 aromatic rings. The molecule has 0 unspecified atom stereocenters. The third-order valence-electron chi connectivity index (χ3n) is 7.33. The molecular formula is C38H41Br2P. The Bertz CT molecular complexity index is 1230. The van der Waals surface area contributed by atoms with E-state index in [0.717, 1.165) is 11.8 Å². The van der Waals surface area contributed by atoms with Crippen LogP contribution in [0.15, 0.2) is 152 Å². The van der Waals surface area contributed by atoms with Gasteiger partial charge in [0.25, 0.3) is 0 Å². The van der Waals surface area contributed by atoms with Crippen molar-refractivity contribution in [2.45, 2.75) is 38.5 Å². The van der Waals surface area contributed by atoms with E-state index in [4.69, 9.17) is 0 Å². The number of aryl methyl sites for hydroxylation is 2. The van der Waals surface area contributed by atoms with Crippen molar-refractivity contribution in [1.82, 2.24) is 0 Å². The van der Waals surface area contributed by atoms with Crippen molar-refractivity contribution < 1.29 is 17.0 Å². The van der Waals surface area contributed by atoms with Crippen molar-refractivity contribution in [1.29, 1.82) is 0 Å². The Hall–Kier alpha value is -2.51. The quantitative estimate of drug-likeness (QED) is 0.0808. The van der Waals surface area contributed by atoms with E-state index < -0.39 is 7.26 Å². The average molecular weight is 689 g/mol. The monoisotopic (exact) mass is 686 g/mol. The van der Waals surface area contributed by atoms with Gasteiger partial charge in [0, 0.05) is 5.33 Å². The van der Waals surface area contributed by atoms with E-state index in [0.29, 0.717) is 0 Å². The first-order valence-electron chi connectivity index (χ1n) is 14.5. The number of unbranched alkanes of at least 4 members (excludes halogenated alkanes) is 2. The maximum Gasteiger partial charge on any atom is 0.112 e. The van der Waals surface area contributed by atoms with Crippen LogP contribution in [0.5, 0.6) is 0 Å². The molecule has 0 fully saturated rings. The molecule has 0 aliphatic rings. The van der Waals surface area contributed by atoms with Gasteiger partial charge in [0.05, 0.1) is 6.16 Å². The van der Waals surface area contributed by atoms with Crippen LogP contribution in [0.1, 0.15) is 36.8 Å². The Labute approximate surface area is 267 Å². The first-order valence-corrected chi connectivity index (χ1v) is 17.6. The van der Waals surface area contributed by atoms with Crippen molar-refractivity contribution in [3.8, 4) is 0 Å². The van der Waals surface area contributed by atoms with Gasteiger partial charge in [0.15, 0.2) is 0 Å². The first-order chi connectivity index (χ1) is 19.8. The zero-order chi connectivity index (χ0) is 27.7. The molecule has 0 amide bonds. The second-order valence-corrected chi connectivity index (χ2v) is 14.5. The normalized spacial score (nSPS) is 10.7. The molecule has 0 nitrogen and oxygen atoms in total. The van der Waals surface area contributed by atoms with Crippen molar-refractivity contribution in [2.24, 2.45) is 0 Å². The third-order valence-corrected chi connectivity index (χ3v) is 12.4. The average Bonchev–Trinajstić information content (AvgIpc) is 3.04. The Morgan fingerprint density at radius 1 is 0.390 bits per heavy atom. The Morgan fingerprint density at radius 3 is 1.05 bits per heavy atom. The lowest BCUT2D eigenvalue weighted by molar-refractivity contribution is -0.00000780. The molecule has 0 radical (unpaired) electrons. The molecule has 0 aliphatic carbocycles. The minimum absolute atomic E-state index is 0. The topological polar surface area (TPSA) is 0 Å². The van der Waals surface area contributed by atoms with Crippen molar-refractivity contribution in [3.05, 3.63) is 163 Å². The lowest BCUT2D eigenvalue weighted by atomic mass is 10.1. The molecule has 0 heterocycles. The predicted molar refractivity (Wildman–Crippen MR) is 183 cm³/mol. The van der Waals surface area contributed by atoms with E-state index in [1.807, 2.05) is 0 Å². The fourth-order valence-electron chi connectivity index (χ4n) is 5.27. The van der Waals surface area contributed by atoms with E-state index in [2.05, 4.69) is 168 Å². The molecule has 5 rings (SSSR count). The Balaban J connectivity index is 0.000000326. The number of alkyl halides is 1. The standard InChI is InChI=1S/C28H28P.C10H13Br.BrH/c1-5-15-25(16-6-1)17-13-14-24-29(26-18-7-2-8-19-26,27-20-9-3-10-21-27)28-22-11-4-12-23-28;11-9-5-4-8-10-6-2-1-3-7-10;/h1-12,15-16,18-23H,13-14,17,24H2;1-3,6-7H,4-5,8-9H2;1H/q+1;;/p-1. The summed E-state index contributed by atoms with van der Waals surface area (Å²) in [6, 6.07) is 55.1. The zero-order valence-electron chi connectivity index (χ0n) is 23.8. The maximum absolute atomic E-state index is 3.42. The minimum Gasteiger partial charge on any atom is -1.00 e. The summed E-state index contributed by atoms with van der Waals surface area (Å²) in [7, 11) is -1.67. The predicted octanol–water partition coefficient (Wildman–Crippen LogP) is 6.41. The number of rotatable bonds is 12. The molecule has 0 saturated carbocycles. The van der Waals surface area contributed by atoms with E-state index in [-0.39, 0.29) is 17.0 Å². The molecule has 41 heavy (non-hydrogen) atoms. The van der Waals surface area contributed by atoms with Gasteiger partial charge in [-0.25, -0.2) is 0 Å². The maximum atomic E-state index is 3.42. The summed E-state index contributed by atoms with van der Waals surface area (Å²) in [6.45, 7) is 0. The third kappa shape index (κ3) is 10.1. The second kappa shape index (κ2) is 18.8. The minimum atomic E-state index is -1.67. The summed E-state index contributed by atoms with van der Waals surface area (Å²) in [5.74, 6) is 0. The van der Waals surface area contributed by atoms with E-state index in [1.165, 1.54) is 65.3 Å². The van der Waals surface area contributed by atoms with Gasteiger partial charge in [-0.3, -0.25) is 0 Å². The molecule has 0 N–H and O–H groups in total. The highest BCUT2D eigenvalue weighted by Gasteiger charge is 2.44. The van der Waals surface area contributed by atoms with Gasteiger partial charge in [-0.1, -0.05) is 131 Å². The highest BCUT2D eigenvalue weighted by atomic mass is 79.9. The molecule has 0 aromatic heterocycles. The van der Waals surface area contributed by atoms with E-state index in [1.54, 1.807) is 0 Å². The van der Waals surface area contributed by atoms with Crippen LogP contribution in [0.3, 0.4) is 0 Å².